The van der Waals surface area contributed by atoms with Gasteiger partial charge in [0.1, 0.15) is 6.04 Å². The number of H-pyrrole nitrogens is 1. The smallest absolute Gasteiger partial charge is 1.00 e. The summed E-state index contributed by atoms with van der Waals surface area (Å²) in [5.74, 6) is -0.972. The number of nitrogens with one attached hydrogen (secondary N) is 1. The van der Waals surface area contributed by atoms with E-state index in [0.717, 1.165) is 16.5 Å². The number of fused-ring (bicyclic) bond motifs is 1. The Kier molecular flexibility index (Phi) is 4.34. The molecule has 0 aliphatic rings. The van der Waals surface area contributed by atoms with Gasteiger partial charge in [-0.3, -0.25) is 4.79 Å². The summed E-state index contributed by atoms with van der Waals surface area (Å²) < 4.78 is 0. The number of rotatable bonds is 3. The molecule has 0 aliphatic carbocycles. The monoisotopic (exact) mass is 230 g/mol. The number of aliphatic carboxylic acids is 1. The largest absolute Gasteiger partial charge is 2.00 e. The Morgan fingerprint density at radius 2 is 2.19 bits per heavy atom. The quantitative estimate of drug-likeness (QED) is 0.688. The number of carboxylic acids is 1. The molecule has 0 saturated heterocycles. The molecule has 1 unspecified atom stereocenters. The van der Waals surface area contributed by atoms with E-state index in [1.54, 1.807) is 0 Å². The zero-order chi connectivity index (χ0) is 10.8. The van der Waals surface area contributed by atoms with E-state index in [-0.39, 0.29) is 25.9 Å². The fourth-order valence-corrected chi connectivity index (χ4v) is 1.62. The second-order valence-corrected chi connectivity index (χ2v) is 3.51. The van der Waals surface area contributed by atoms with E-state index in [1.807, 2.05) is 30.5 Å². The van der Waals surface area contributed by atoms with E-state index in [4.69, 9.17) is 10.8 Å². The van der Waals surface area contributed by atoms with Crippen LogP contribution in [0.5, 0.6) is 0 Å². The number of carboxylic acid groups (broad SMARTS) is 1. The van der Waals surface area contributed by atoms with E-state index in [9.17, 15) is 4.79 Å². The van der Waals surface area contributed by atoms with Crippen LogP contribution >= 0.6 is 0 Å². The summed E-state index contributed by atoms with van der Waals surface area (Å²) in [6.07, 6.45) is 2.16. The molecule has 4 N–H and O–H groups in total. The molecule has 0 fully saturated rings. The molecular formula is C11H14MgN2O2. The molecule has 5 heteroatoms. The molecule has 16 heavy (non-hydrogen) atoms. The van der Waals surface area contributed by atoms with Crippen LogP contribution in [0.3, 0.4) is 0 Å². The van der Waals surface area contributed by atoms with Gasteiger partial charge >= 0.3 is 29.0 Å². The van der Waals surface area contributed by atoms with E-state index in [0.29, 0.717) is 6.42 Å². The molecule has 0 bridgehead atoms. The van der Waals surface area contributed by atoms with Crippen molar-refractivity contribution in [3.63, 3.8) is 0 Å². The van der Waals surface area contributed by atoms with Gasteiger partial charge in [0.25, 0.3) is 0 Å². The Labute approximate surface area is 112 Å². The third-order valence-corrected chi connectivity index (χ3v) is 2.43. The number of benzene rings is 1. The fraction of sp³-hybridized carbons (Fsp3) is 0.182. The molecule has 0 saturated carbocycles. The van der Waals surface area contributed by atoms with Crippen molar-refractivity contribution in [1.82, 2.24) is 4.98 Å². The van der Waals surface area contributed by atoms with Crippen LogP contribution in [0.1, 0.15) is 8.42 Å². The van der Waals surface area contributed by atoms with Crippen LogP contribution in [0.15, 0.2) is 30.5 Å². The molecule has 82 valence electrons. The predicted octanol–water partition coefficient (Wildman–Crippen LogP) is 0.967. The van der Waals surface area contributed by atoms with Gasteiger partial charge in [0, 0.05) is 23.5 Å². The number of nitrogens with two attached hydrogens (primary N) is 1. The zero-order valence-electron chi connectivity index (χ0n) is 10.8. The summed E-state index contributed by atoms with van der Waals surface area (Å²) in [5, 5.41) is 9.75. The van der Waals surface area contributed by atoms with Crippen molar-refractivity contribution in [2.24, 2.45) is 5.73 Å². The van der Waals surface area contributed by atoms with Gasteiger partial charge in [0.2, 0.25) is 0 Å². The summed E-state index contributed by atoms with van der Waals surface area (Å²) >= 11 is 0. The minimum Gasteiger partial charge on any atom is -1.00 e. The molecule has 0 radical (unpaired) electrons. The summed E-state index contributed by atoms with van der Waals surface area (Å²) in [5.41, 5.74) is 7.43. The minimum absolute atomic E-state index is 0. The maximum absolute atomic E-state index is 10.6. The van der Waals surface area contributed by atoms with Gasteiger partial charge in [-0.05, 0) is 11.6 Å². The molecule has 1 aromatic carbocycles. The van der Waals surface area contributed by atoms with Crippen LogP contribution in [0.2, 0.25) is 0 Å². The summed E-state index contributed by atoms with van der Waals surface area (Å²) in [6.45, 7) is 0. The van der Waals surface area contributed by atoms with Gasteiger partial charge in [0.15, 0.2) is 0 Å². The molecule has 1 heterocycles. The third-order valence-electron chi connectivity index (χ3n) is 2.43. The first-order valence-electron chi connectivity index (χ1n) is 4.72. The Balaban J connectivity index is 0. The van der Waals surface area contributed by atoms with E-state index in [1.165, 1.54) is 0 Å². The van der Waals surface area contributed by atoms with E-state index >= 15 is 0 Å². The number of carbonyl (C=O) groups is 1. The van der Waals surface area contributed by atoms with Crippen molar-refractivity contribution in [3.8, 4) is 0 Å². The molecule has 4 nitrogen and oxygen atoms in total. The Bertz CT molecular complexity index is 505. The fourth-order valence-electron chi connectivity index (χ4n) is 1.62. The standard InChI is InChI=1S/C11H12N2O2.Mg.2H/c12-9(11(14)15)5-7-6-13-10-4-2-1-3-8(7)10;;;/h1-4,6,9,13H,5,12H2,(H,14,15);;;/q;+2;2*-1. The third kappa shape index (κ3) is 2.55. The number of para-hydroxylation sites is 1. The Morgan fingerprint density at radius 1 is 1.50 bits per heavy atom. The van der Waals surface area contributed by atoms with Crippen molar-refractivity contribution in [2.75, 3.05) is 0 Å². The van der Waals surface area contributed by atoms with Gasteiger partial charge in [-0.1, -0.05) is 18.2 Å². The van der Waals surface area contributed by atoms with Crippen LogP contribution in [0.4, 0.5) is 0 Å². The molecule has 0 amide bonds. The second kappa shape index (κ2) is 5.33. The first kappa shape index (κ1) is 13.0. The van der Waals surface area contributed by atoms with Crippen LogP contribution in [-0.2, 0) is 11.2 Å². The topological polar surface area (TPSA) is 79.1 Å². The summed E-state index contributed by atoms with van der Waals surface area (Å²) in [4.78, 5) is 13.7. The summed E-state index contributed by atoms with van der Waals surface area (Å²) in [7, 11) is 0. The maximum Gasteiger partial charge on any atom is 2.00 e. The van der Waals surface area contributed by atoms with Crippen LogP contribution < -0.4 is 5.73 Å². The van der Waals surface area contributed by atoms with Gasteiger partial charge in [-0.15, -0.1) is 0 Å². The first-order valence-corrected chi connectivity index (χ1v) is 4.72. The zero-order valence-corrected chi connectivity index (χ0v) is 10.2. The Hall–Kier alpha value is -1.04. The van der Waals surface area contributed by atoms with Crippen molar-refractivity contribution < 1.29 is 12.8 Å². The van der Waals surface area contributed by atoms with Gasteiger partial charge < -0.3 is 18.7 Å². The van der Waals surface area contributed by atoms with E-state index in [2.05, 4.69) is 4.98 Å². The molecule has 0 spiro atoms. The average Bonchev–Trinajstić information content (AvgIpc) is 2.62. The van der Waals surface area contributed by atoms with Gasteiger partial charge in [-0.25, -0.2) is 0 Å². The average molecular weight is 231 g/mol. The van der Waals surface area contributed by atoms with Crippen LogP contribution in [-0.4, -0.2) is 45.2 Å². The number of aromatic nitrogens is 1. The van der Waals surface area contributed by atoms with E-state index < -0.39 is 12.0 Å². The van der Waals surface area contributed by atoms with Crippen LogP contribution in [0, 0.1) is 0 Å². The second-order valence-electron chi connectivity index (χ2n) is 3.51. The van der Waals surface area contributed by atoms with Crippen molar-refractivity contribution in [1.29, 1.82) is 0 Å². The number of hydrogen-bond acceptors (Lipinski definition) is 2. The molecule has 1 atom stereocenters. The van der Waals surface area contributed by atoms with Gasteiger partial charge in [0.05, 0.1) is 0 Å². The van der Waals surface area contributed by atoms with Crippen LogP contribution in [0.25, 0.3) is 10.9 Å². The molecule has 1 aromatic heterocycles. The summed E-state index contributed by atoms with van der Waals surface area (Å²) in [6, 6.07) is 6.91. The minimum atomic E-state index is -0.972. The van der Waals surface area contributed by atoms with Gasteiger partial charge in [-0.2, -0.15) is 0 Å². The normalized spacial score (nSPS) is 12.1. The first-order chi connectivity index (χ1) is 7.18. The SMILES string of the molecule is NC(Cc1c[nH]c2ccccc12)C(=O)O.[H-].[H-].[Mg+2]. The Morgan fingerprint density at radius 3 is 2.88 bits per heavy atom. The molecule has 2 aromatic rings. The van der Waals surface area contributed by atoms with Crippen molar-refractivity contribution in [2.45, 2.75) is 12.5 Å². The maximum atomic E-state index is 10.6. The predicted molar refractivity (Wildman–Crippen MR) is 65.6 cm³/mol. The molecular weight excluding hydrogens is 216 g/mol. The number of hydrogen-bond donors (Lipinski definition) is 3. The molecule has 2 rings (SSSR count). The van der Waals surface area contributed by atoms with Crippen molar-refractivity contribution >= 4 is 39.9 Å². The molecule has 0 aliphatic heterocycles. The van der Waals surface area contributed by atoms with Crippen molar-refractivity contribution in [3.05, 3.63) is 36.0 Å². The number of aromatic amines is 1.